The predicted molar refractivity (Wildman–Crippen MR) is 66.9 cm³/mol. The Labute approximate surface area is 106 Å². The van der Waals surface area contributed by atoms with Crippen molar-refractivity contribution in [2.24, 2.45) is 0 Å². The predicted octanol–water partition coefficient (Wildman–Crippen LogP) is 1.37. The SMILES string of the molecule is O=C(O)CC1(Oc2ccc3c(c2)CCC3)CNC1. The number of hydrogen-bond donors (Lipinski definition) is 2. The summed E-state index contributed by atoms with van der Waals surface area (Å²) in [6.07, 6.45) is 3.52. The highest BCUT2D eigenvalue weighted by Crippen LogP contribution is 2.30. The van der Waals surface area contributed by atoms with E-state index < -0.39 is 11.6 Å². The van der Waals surface area contributed by atoms with E-state index in [4.69, 9.17) is 9.84 Å². The first-order chi connectivity index (χ1) is 8.67. The van der Waals surface area contributed by atoms with E-state index in [0.717, 1.165) is 18.6 Å². The molecule has 1 fully saturated rings. The van der Waals surface area contributed by atoms with Gasteiger partial charge in [0, 0.05) is 13.1 Å². The van der Waals surface area contributed by atoms with Gasteiger partial charge < -0.3 is 15.2 Å². The topological polar surface area (TPSA) is 58.6 Å². The highest BCUT2D eigenvalue weighted by molar-refractivity contribution is 5.68. The van der Waals surface area contributed by atoms with Crippen molar-refractivity contribution in [3.8, 4) is 5.75 Å². The Morgan fingerprint density at radius 2 is 2.11 bits per heavy atom. The van der Waals surface area contributed by atoms with Crippen LogP contribution in [0.5, 0.6) is 5.75 Å². The molecule has 2 N–H and O–H groups in total. The molecule has 0 spiro atoms. The number of benzene rings is 1. The Kier molecular flexibility index (Phi) is 2.74. The van der Waals surface area contributed by atoms with Gasteiger partial charge in [-0.3, -0.25) is 4.79 Å². The first-order valence-electron chi connectivity index (χ1n) is 6.40. The van der Waals surface area contributed by atoms with Gasteiger partial charge in [0.15, 0.2) is 0 Å². The highest BCUT2D eigenvalue weighted by atomic mass is 16.5. The van der Waals surface area contributed by atoms with Crippen LogP contribution < -0.4 is 10.1 Å². The van der Waals surface area contributed by atoms with Gasteiger partial charge in [0.2, 0.25) is 0 Å². The fourth-order valence-electron chi connectivity index (χ4n) is 2.77. The van der Waals surface area contributed by atoms with Crippen LogP contribution in [0.1, 0.15) is 24.0 Å². The first-order valence-corrected chi connectivity index (χ1v) is 6.40. The summed E-state index contributed by atoms with van der Waals surface area (Å²) >= 11 is 0. The second-order valence-corrected chi connectivity index (χ2v) is 5.24. The second kappa shape index (κ2) is 4.28. The van der Waals surface area contributed by atoms with E-state index in [0.29, 0.717) is 13.1 Å². The molecule has 3 rings (SSSR count). The average Bonchev–Trinajstić information content (AvgIpc) is 2.72. The van der Waals surface area contributed by atoms with E-state index in [1.165, 1.54) is 17.5 Å². The van der Waals surface area contributed by atoms with Gasteiger partial charge in [-0.1, -0.05) is 6.07 Å². The molecule has 0 radical (unpaired) electrons. The van der Waals surface area contributed by atoms with Crippen LogP contribution in [-0.2, 0) is 17.6 Å². The van der Waals surface area contributed by atoms with Gasteiger partial charge in [0.1, 0.15) is 11.4 Å². The summed E-state index contributed by atoms with van der Waals surface area (Å²) in [6.45, 7) is 1.22. The van der Waals surface area contributed by atoms with E-state index >= 15 is 0 Å². The highest BCUT2D eigenvalue weighted by Gasteiger charge is 2.41. The van der Waals surface area contributed by atoms with E-state index in [-0.39, 0.29) is 6.42 Å². The minimum Gasteiger partial charge on any atom is -0.484 e. The monoisotopic (exact) mass is 247 g/mol. The molecule has 1 aliphatic heterocycles. The number of carboxylic acid groups (broad SMARTS) is 1. The number of hydrogen-bond acceptors (Lipinski definition) is 3. The number of aliphatic carboxylic acids is 1. The molecular formula is C14H17NO3. The van der Waals surface area contributed by atoms with Crippen LogP contribution in [0.3, 0.4) is 0 Å². The standard InChI is InChI=1S/C14H17NO3/c16-13(17)7-14(8-15-9-14)18-12-5-4-10-2-1-3-11(10)6-12/h4-6,15H,1-3,7-9H2,(H,16,17). The Bertz CT molecular complexity index is 480. The maximum absolute atomic E-state index is 10.9. The van der Waals surface area contributed by atoms with Crippen molar-refractivity contribution in [2.75, 3.05) is 13.1 Å². The molecule has 1 aromatic rings. The van der Waals surface area contributed by atoms with E-state index in [1.807, 2.05) is 6.07 Å². The maximum atomic E-state index is 10.9. The fraction of sp³-hybridized carbons (Fsp3) is 0.500. The number of rotatable bonds is 4. The molecule has 1 saturated heterocycles. The lowest BCUT2D eigenvalue weighted by atomic mass is 9.92. The zero-order valence-corrected chi connectivity index (χ0v) is 10.2. The average molecular weight is 247 g/mol. The third-order valence-electron chi connectivity index (χ3n) is 3.77. The lowest BCUT2D eigenvalue weighted by Crippen LogP contribution is -2.64. The van der Waals surface area contributed by atoms with Crippen LogP contribution in [0.25, 0.3) is 0 Å². The minimum absolute atomic E-state index is 0.0527. The van der Waals surface area contributed by atoms with Gasteiger partial charge in [-0.25, -0.2) is 0 Å². The van der Waals surface area contributed by atoms with Crippen molar-refractivity contribution in [2.45, 2.75) is 31.3 Å². The van der Waals surface area contributed by atoms with Crippen molar-refractivity contribution in [3.63, 3.8) is 0 Å². The molecule has 0 aromatic heterocycles. The van der Waals surface area contributed by atoms with E-state index in [2.05, 4.69) is 17.4 Å². The van der Waals surface area contributed by atoms with Gasteiger partial charge in [-0.15, -0.1) is 0 Å². The van der Waals surface area contributed by atoms with Crippen LogP contribution in [0.4, 0.5) is 0 Å². The summed E-state index contributed by atoms with van der Waals surface area (Å²) in [7, 11) is 0. The number of carboxylic acids is 1. The molecule has 96 valence electrons. The molecule has 0 atom stereocenters. The van der Waals surface area contributed by atoms with Gasteiger partial charge in [-0.05, 0) is 42.5 Å². The van der Waals surface area contributed by atoms with Gasteiger partial charge in [0.25, 0.3) is 0 Å². The number of carbonyl (C=O) groups is 1. The molecule has 4 nitrogen and oxygen atoms in total. The van der Waals surface area contributed by atoms with Crippen LogP contribution in [0.15, 0.2) is 18.2 Å². The third kappa shape index (κ3) is 2.08. The Balaban J connectivity index is 1.77. The summed E-state index contributed by atoms with van der Waals surface area (Å²) < 4.78 is 5.93. The zero-order valence-electron chi connectivity index (χ0n) is 10.2. The van der Waals surface area contributed by atoms with E-state index in [1.54, 1.807) is 0 Å². The van der Waals surface area contributed by atoms with Crippen LogP contribution in [-0.4, -0.2) is 29.8 Å². The molecule has 18 heavy (non-hydrogen) atoms. The minimum atomic E-state index is -0.808. The van der Waals surface area contributed by atoms with Crippen molar-refractivity contribution >= 4 is 5.97 Å². The summed E-state index contributed by atoms with van der Waals surface area (Å²) in [5.74, 6) is -0.00365. The van der Waals surface area contributed by atoms with Gasteiger partial charge in [-0.2, -0.15) is 0 Å². The van der Waals surface area contributed by atoms with Crippen LogP contribution in [0, 0.1) is 0 Å². The van der Waals surface area contributed by atoms with Crippen LogP contribution in [0.2, 0.25) is 0 Å². The van der Waals surface area contributed by atoms with Gasteiger partial charge in [0.05, 0.1) is 6.42 Å². The quantitative estimate of drug-likeness (QED) is 0.843. The molecule has 0 saturated carbocycles. The summed E-state index contributed by atoms with van der Waals surface area (Å²) in [5, 5.41) is 12.0. The van der Waals surface area contributed by atoms with E-state index in [9.17, 15) is 4.79 Å². The summed E-state index contributed by atoms with van der Waals surface area (Å²) in [6, 6.07) is 6.15. The fourth-order valence-corrected chi connectivity index (χ4v) is 2.77. The Morgan fingerprint density at radius 1 is 1.33 bits per heavy atom. The third-order valence-corrected chi connectivity index (χ3v) is 3.77. The zero-order chi connectivity index (χ0) is 12.6. The molecule has 4 heteroatoms. The van der Waals surface area contributed by atoms with Crippen molar-refractivity contribution < 1.29 is 14.6 Å². The van der Waals surface area contributed by atoms with Crippen molar-refractivity contribution in [1.82, 2.24) is 5.32 Å². The number of nitrogens with one attached hydrogen (secondary N) is 1. The van der Waals surface area contributed by atoms with Crippen LogP contribution >= 0.6 is 0 Å². The maximum Gasteiger partial charge on any atom is 0.307 e. The Morgan fingerprint density at radius 3 is 2.78 bits per heavy atom. The summed E-state index contributed by atoms with van der Waals surface area (Å²) in [4.78, 5) is 10.9. The van der Waals surface area contributed by atoms with Crippen molar-refractivity contribution in [3.05, 3.63) is 29.3 Å². The molecule has 0 amide bonds. The number of ether oxygens (including phenoxy) is 1. The lowest BCUT2D eigenvalue weighted by Gasteiger charge is -2.41. The number of fused-ring (bicyclic) bond motifs is 1. The molecule has 1 heterocycles. The molecule has 1 aliphatic carbocycles. The first kappa shape index (κ1) is 11.5. The molecule has 2 aliphatic rings. The normalized spacial score (nSPS) is 20.0. The molecule has 0 bridgehead atoms. The molecule has 1 aromatic carbocycles. The number of aryl methyl sites for hydroxylation is 2. The van der Waals surface area contributed by atoms with Gasteiger partial charge >= 0.3 is 5.97 Å². The summed E-state index contributed by atoms with van der Waals surface area (Å²) in [5.41, 5.74) is 2.20. The second-order valence-electron chi connectivity index (χ2n) is 5.24. The van der Waals surface area contributed by atoms with Crippen molar-refractivity contribution in [1.29, 1.82) is 0 Å². The largest absolute Gasteiger partial charge is 0.484 e. The molecular weight excluding hydrogens is 230 g/mol. The lowest BCUT2D eigenvalue weighted by molar-refractivity contribution is -0.143. The Hall–Kier alpha value is -1.55. The molecule has 0 unspecified atom stereocenters. The smallest absolute Gasteiger partial charge is 0.307 e.